The van der Waals surface area contributed by atoms with Crippen LogP contribution in [0.1, 0.15) is 43.5 Å². The van der Waals surface area contributed by atoms with Gasteiger partial charge in [-0.3, -0.25) is 14.2 Å². The van der Waals surface area contributed by atoms with E-state index in [4.69, 9.17) is 24.1 Å². The Labute approximate surface area is 252 Å². The molecule has 1 unspecified atom stereocenters. The number of ether oxygens (including phenoxy) is 3. The number of rotatable bonds is 8. The van der Waals surface area contributed by atoms with Crippen molar-refractivity contribution in [1.29, 1.82) is 0 Å². The monoisotopic (exact) mass is 600 g/mol. The molecule has 0 spiro atoms. The summed E-state index contributed by atoms with van der Waals surface area (Å²) in [5.74, 6) is 0.104. The van der Waals surface area contributed by atoms with Crippen LogP contribution in [0.25, 0.3) is 6.08 Å². The summed E-state index contributed by atoms with van der Waals surface area (Å²) in [6, 6.07) is 24.2. The molecule has 1 atom stereocenters. The van der Waals surface area contributed by atoms with Crippen LogP contribution >= 0.6 is 11.3 Å². The van der Waals surface area contributed by atoms with Gasteiger partial charge < -0.3 is 19.3 Å². The summed E-state index contributed by atoms with van der Waals surface area (Å²) in [6.45, 7) is 5.31. The normalized spacial score (nSPS) is 14.1. The molecule has 0 aliphatic carbocycles. The number of benzene rings is 3. The van der Waals surface area contributed by atoms with Crippen LogP contribution in [0, 0.1) is 0 Å². The molecule has 0 fully saturated rings. The third kappa shape index (κ3) is 7.66. The van der Waals surface area contributed by atoms with E-state index in [1.54, 1.807) is 25.5 Å². The van der Waals surface area contributed by atoms with Crippen molar-refractivity contribution in [2.45, 2.75) is 33.4 Å². The van der Waals surface area contributed by atoms with Crippen molar-refractivity contribution in [3.05, 3.63) is 127 Å². The molecule has 0 saturated carbocycles. The van der Waals surface area contributed by atoms with Crippen molar-refractivity contribution < 1.29 is 28.9 Å². The molecular formula is C33H32N2O7S. The van der Waals surface area contributed by atoms with Gasteiger partial charge in [-0.25, -0.2) is 9.79 Å². The molecule has 3 aromatic carbocycles. The minimum atomic E-state index is -0.833. The predicted molar refractivity (Wildman–Crippen MR) is 164 cm³/mol. The van der Waals surface area contributed by atoms with Crippen LogP contribution in [0.5, 0.6) is 11.5 Å². The molecule has 0 saturated heterocycles. The first-order chi connectivity index (χ1) is 20.7. The number of hydrogen-bond acceptors (Lipinski definition) is 8. The Bertz CT molecular complexity index is 1790. The van der Waals surface area contributed by atoms with Gasteiger partial charge in [0.2, 0.25) is 0 Å². The third-order valence-corrected chi connectivity index (χ3v) is 7.36. The lowest BCUT2D eigenvalue weighted by molar-refractivity contribution is -0.139. The van der Waals surface area contributed by atoms with Gasteiger partial charge in [0.15, 0.2) is 4.80 Å². The molecule has 10 heteroatoms. The fourth-order valence-corrected chi connectivity index (χ4v) is 5.49. The number of nitrogens with zero attached hydrogens (tertiary/aromatic N) is 2. The first kappa shape index (κ1) is 31.0. The molecule has 1 aliphatic rings. The third-order valence-electron chi connectivity index (χ3n) is 6.37. The van der Waals surface area contributed by atoms with Gasteiger partial charge >= 0.3 is 5.97 Å². The summed E-state index contributed by atoms with van der Waals surface area (Å²) in [7, 11) is 1.59. The number of aromatic nitrogens is 1. The number of hydrogen-bond donors (Lipinski definition) is 1. The maximum Gasteiger partial charge on any atom is 0.338 e. The van der Waals surface area contributed by atoms with Gasteiger partial charge in [-0.05, 0) is 60.9 Å². The van der Waals surface area contributed by atoms with Crippen LogP contribution in [0.3, 0.4) is 0 Å². The largest absolute Gasteiger partial charge is 0.497 e. The maximum absolute atomic E-state index is 13.7. The number of carbonyl (C=O) groups excluding carboxylic acids is 1. The molecular weight excluding hydrogens is 568 g/mol. The highest BCUT2D eigenvalue weighted by atomic mass is 32.1. The minimum Gasteiger partial charge on any atom is -0.497 e. The number of aliphatic carboxylic acids is 1. The first-order valence-corrected chi connectivity index (χ1v) is 14.3. The van der Waals surface area contributed by atoms with E-state index in [0.717, 1.165) is 29.4 Å². The minimum absolute atomic E-state index is 0.223. The van der Waals surface area contributed by atoms with Gasteiger partial charge in [0.05, 0.1) is 35.6 Å². The number of fused-ring (bicyclic) bond motifs is 1. The predicted octanol–water partition coefficient (Wildman–Crippen LogP) is 4.48. The summed E-state index contributed by atoms with van der Waals surface area (Å²) in [6.07, 6.45) is 1.83. The fourth-order valence-electron chi connectivity index (χ4n) is 4.45. The summed E-state index contributed by atoms with van der Waals surface area (Å²) in [4.78, 5) is 40.9. The van der Waals surface area contributed by atoms with Crippen LogP contribution in [-0.4, -0.2) is 35.3 Å². The van der Waals surface area contributed by atoms with E-state index < -0.39 is 18.0 Å². The summed E-state index contributed by atoms with van der Waals surface area (Å²) in [5, 5.41) is 7.42. The van der Waals surface area contributed by atoms with Gasteiger partial charge in [-0.15, -0.1) is 0 Å². The lowest BCUT2D eigenvalue weighted by Crippen LogP contribution is -2.39. The topological polar surface area (TPSA) is 116 Å². The summed E-state index contributed by atoms with van der Waals surface area (Å²) in [5.41, 5.74) is 3.36. The fraction of sp³-hybridized carbons (Fsp3) is 0.212. The second-order valence-corrected chi connectivity index (χ2v) is 10.4. The molecule has 222 valence electrons. The number of carboxylic acids is 1. The van der Waals surface area contributed by atoms with Crippen molar-refractivity contribution >= 4 is 29.4 Å². The zero-order chi connectivity index (χ0) is 30.9. The SMILES string of the molecule is CC(=O)O.CCOC(=O)C1=C(C)N=c2s/c(=C/c3ccc(OCc4ccccc4)cc3)c(=O)n2C1c1ccc(OC)cc1. The summed E-state index contributed by atoms with van der Waals surface area (Å²) >= 11 is 1.29. The Morgan fingerprint density at radius 1 is 1.00 bits per heavy atom. The van der Waals surface area contributed by atoms with Gasteiger partial charge in [0.25, 0.3) is 11.5 Å². The number of methoxy groups -OCH3 is 1. The van der Waals surface area contributed by atoms with Crippen molar-refractivity contribution in [3.8, 4) is 11.5 Å². The summed E-state index contributed by atoms with van der Waals surface area (Å²) < 4.78 is 18.6. The molecule has 1 N–H and O–H groups in total. The molecule has 0 bridgehead atoms. The molecule has 2 heterocycles. The Balaban J connectivity index is 0.000000996. The number of carbonyl (C=O) groups is 2. The number of esters is 1. The second kappa shape index (κ2) is 14.3. The average molecular weight is 601 g/mol. The van der Waals surface area contributed by atoms with E-state index in [2.05, 4.69) is 4.99 Å². The van der Waals surface area contributed by atoms with E-state index in [0.29, 0.717) is 33.0 Å². The van der Waals surface area contributed by atoms with Crippen LogP contribution in [-0.2, 0) is 20.9 Å². The molecule has 9 nitrogen and oxygen atoms in total. The lowest BCUT2D eigenvalue weighted by Gasteiger charge is -2.24. The standard InChI is InChI=1S/C31H28N2O5S.C2H4O2/c1-4-37-30(35)27-20(2)32-31-33(28(27)23-12-16-24(36-3)17-13-23)29(34)26(39-31)18-21-10-14-25(15-11-21)38-19-22-8-6-5-7-9-22;1-2(3)4/h5-18,28H,4,19H2,1-3H3;1H3,(H,3,4)/b26-18+;. The van der Waals surface area contributed by atoms with E-state index >= 15 is 0 Å². The number of thiazole rings is 1. The molecule has 1 aliphatic heterocycles. The molecule has 1 aromatic heterocycles. The van der Waals surface area contributed by atoms with E-state index in [1.165, 1.54) is 11.3 Å². The lowest BCUT2D eigenvalue weighted by atomic mass is 9.96. The van der Waals surface area contributed by atoms with Gasteiger partial charge in [0, 0.05) is 6.92 Å². The van der Waals surface area contributed by atoms with Crippen molar-refractivity contribution in [3.63, 3.8) is 0 Å². The molecule has 5 rings (SSSR count). The second-order valence-electron chi connectivity index (χ2n) is 9.44. The Morgan fingerprint density at radius 3 is 2.23 bits per heavy atom. The van der Waals surface area contributed by atoms with E-state index in [9.17, 15) is 9.59 Å². The van der Waals surface area contributed by atoms with Crippen LogP contribution in [0.15, 0.2) is 99.9 Å². The highest BCUT2D eigenvalue weighted by molar-refractivity contribution is 7.07. The maximum atomic E-state index is 13.7. The van der Waals surface area contributed by atoms with Crippen LogP contribution in [0.2, 0.25) is 0 Å². The number of allylic oxidation sites excluding steroid dienone is 1. The van der Waals surface area contributed by atoms with Crippen LogP contribution in [0.4, 0.5) is 0 Å². The first-order valence-electron chi connectivity index (χ1n) is 13.5. The zero-order valence-electron chi connectivity index (χ0n) is 24.3. The van der Waals surface area contributed by atoms with Gasteiger partial charge in [-0.2, -0.15) is 0 Å². The molecule has 43 heavy (non-hydrogen) atoms. The van der Waals surface area contributed by atoms with Gasteiger partial charge in [0.1, 0.15) is 18.1 Å². The Hall–Kier alpha value is -4.96. The van der Waals surface area contributed by atoms with E-state index in [-0.39, 0.29) is 12.2 Å². The van der Waals surface area contributed by atoms with Crippen LogP contribution < -0.4 is 24.4 Å². The molecule has 0 radical (unpaired) electrons. The number of carboxylic acid groups (broad SMARTS) is 1. The van der Waals surface area contributed by atoms with Crippen molar-refractivity contribution in [2.75, 3.05) is 13.7 Å². The Morgan fingerprint density at radius 2 is 1.63 bits per heavy atom. The van der Waals surface area contributed by atoms with E-state index in [1.807, 2.05) is 84.9 Å². The molecule has 4 aromatic rings. The quantitative estimate of drug-likeness (QED) is 0.297. The van der Waals surface area contributed by atoms with Crippen molar-refractivity contribution in [1.82, 2.24) is 4.57 Å². The van der Waals surface area contributed by atoms with Gasteiger partial charge in [-0.1, -0.05) is 65.9 Å². The molecule has 0 amide bonds. The highest BCUT2D eigenvalue weighted by Crippen LogP contribution is 2.31. The smallest absolute Gasteiger partial charge is 0.338 e. The average Bonchev–Trinajstić information content (AvgIpc) is 3.30. The highest BCUT2D eigenvalue weighted by Gasteiger charge is 2.33. The van der Waals surface area contributed by atoms with Crippen molar-refractivity contribution in [2.24, 2.45) is 4.99 Å². The zero-order valence-corrected chi connectivity index (χ0v) is 25.1. The Kier molecular flexibility index (Phi) is 10.3.